The van der Waals surface area contributed by atoms with Crippen molar-refractivity contribution in [2.45, 2.75) is 51.5 Å². The quantitative estimate of drug-likeness (QED) is 0.469. The van der Waals surface area contributed by atoms with Gasteiger partial charge in [0.25, 0.3) is 5.91 Å². The van der Waals surface area contributed by atoms with E-state index in [-0.39, 0.29) is 23.9 Å². The van der Waals surface area contributed by atoms with E-state index in [1.54, 1.807) is 6.20 Å². The molecule has 0 bridgehead atoms. The van der Waals surface area contributed by atoms with Gasteiger partial charge in [-0.05, 0) is 56.0 Å². The van der Waals surface area contributed by atoms with Gasteiger partial charge in [0.1, 0.15) is 5.82 Å². The lowest BCUT2D eigenvalue weighted by molar-refractivity contribution is 0.0272. The van der Waals surface area contributed by atoms with Crippen molar-refractivity contribution in [1.29, 1.82) is 0 Å². The van der Waals surface area contributed by atoms with Crippen LogP contribution in [0.4, 0.5) is 5.82 Å². The van der Waals surface area contributed by atoms with Crippen molar-refractivity contribution < 1.29 is 9.53 Å². The Morgan fingerprint density at radius 1 is 1.03 bits per heavy atom. The van der Waals surface area contributed by atoms with E-state index in [0.717, 1.165) is 68.7 Å². The highest BCUT2D eigenvalue weighted by atomic mass is 16.5. The number of carbonyl (C=O) groups excluding carboxylic acids is 1. The number of amides is 1. The largest absolute Gasteiger partial charge is 0.383 e. The Labute approximate surface area is 226 Å². The predicted molar refractivity (Wildman–Crippen MR) is 152 cm³/mol. The van der Waals surface area contributed by atoms with Crippen LogP contribution in [0, 0.1) is 6.92 Å². The number of hydrogen-bond donors (Lipinski definition) is 2. The molecule has 2 heterocycles. The average Bonchev–Trinajstić information content (AvgIpc) is 3.36. The molecule has 1 aliphatic heterocycles. The van der Waals surface area contributed by atoms with Crippen LogP contribution in [0.2, 0.25) is 0 Å². The SMILES string of the molecule is Cc1cccc(CO[C@H]2CCC[C@@H]2NC(=O)c2cc(-c3ccc(CN4CCN(C)CC4)cc3)cnc2N)c1. The third-order valence-electron chi connectivity index (χ3n) is 7.77. The number of nitrogens with two attached hydrogens (primary N) is 1. The van der Waals surface area contributed by atoms with Gasteiger partial charge in [-0.3, -0.25) is 9.69 Å². The van der Waals surface area contributed by atoms with Crippen molar-refractivity contribution in [2.75, 3.05) is 39.0 Å². The molecule has 5 rings (SSSR count). The number of hydrogen-bond acceptors (Lipinski definition) is 6. The van der Waals surface area contributed by atoms with E-state index >= 15 is 0 Å². The molecule has 7 heteroatoms. The average molecular weight is 514 g/mol. The van der Waals surface area contributed by atoms with Gasteiger partial charge in [-0.15, -0.1) is 0 Å². The molecule has 1 saturated heterocycles. The summed E-state index contributed by atoms with van der Waals surface area (Å²) in [7, 11) is 2.17. The molecule has 3 N–H and O–H groups in total. The lowest BCUT2D eigenvalue weighted by Crippen LogP contribution is -2.43. The summed E-state index contributed by atoms with van der Waals surface area (Å²) >= 11 is 0. The molecule has 2 aliphatic rings. The number of nitrogens with one attached hydrogen (secondary N) is 1. The van der Waals surface area contributed by atoms with E-state index in [0.29, 0.717) is 12.2 Å². The smallest absolute Gasteiger partial charge is 0.255 e. The van der Waals surface area contributed by atoms with E-state index in [1.165, 1.54) is 11.1 Å². The number of nitrogen functional groups attached to an aromatic ring is 1. The molecule has 7 nitrogen and oxygen atoms in total. The summed E-state index contributed by atoms with van der Waals surface area (Å²) in [4.78, 5) is 22.5. The van der Waals surface area contributed by atoms with Crippen molar-refractivity contribution in [2.24, 2.45) is 0 Å². The van der Waals surface area contributed by atoms with Gasteiger partial charge in [-0.25, -0.2) is 4.98 Å². The highest BCUT2D eigenvalue weighted by molar-refractivity contribution is 5.99. The normalized spacial score (nSPS) is 20.5. The van der Waals surface area contributed by atoms with Crippen LogP contribution in [-0.4, -0.2) is 66.1 Å². The fourth-order valence-electron chi connectivity index (χ4n) is 5.42. The maximum Gasteiger partial charge on any atom is 0.255 e. The van der Waals surface area contributed by atoms with Crippen molar-refractivity contribution in [1.82, 2.24) is 20.1 Å². The summed E-state index contributed by atoms with van der Waals surface area (Å²) in [6.45, 7) is 7.99. The van der Waals surface area contributed by atoms with Crippen molar-refractivity contribution in [3.63, 3.8) is 0 Å². The standard InChI is InChI=1S/C31H39N5O2/c1-22-5-3-6-24(17-22)21-38-29-8-4-7-28(29)34-31(37)27-18-26(19-33-30(27)32)25-11-9-23(10-12-25)20-36-15-13-35(2)14-16-36/h3,5-6,9-12,17-19,28-29H,4,7-8,13-16,20-21H2,1-2H3,(H2,32,33)(H,34,37)/t28-,29-/m0/s1. The molecule has 2 aromatic carbocycles. The van der Waals surface area contributed by atoms with Crippen LogP contribution in [0.5, 0.6) is 0 Å². The number of aromatic nitrogens is 1. The first-order valence-electron chi connectivity index (χ1n) is 13.7. The number of piperazine rings is 1. The number of carbonyl (C=O) groups is 1. The molecule has 1 saturated carbocycles. The molecule has 200 valence electrons. The minimum Gasteiger partial charge on any atom is -0.383 e. The van der Waals surface area contributed by atoms with Gasteiger partial charge >= 0.3 is 0 Å². The molecule has 0 spiro atoms. The number of likely N-dealkylation sites (N-methyl/N-ethyl adjacent to an activating group) is 1. The number of pyridine rings is 1. The molecule has 1 aromatic heterocycles. The summed E-state index contributed by atoms with van der Waals surface area (Å²) in [5, 5.41) is 3.18. The minimum absolute atomic E-state index is 0.00956. The van der Waals surface area contributed by atoms with Crippen LogP contribution in [0.3, 0.4) is 0 Å². The van der Waals surface area contributed by atoms with Gasteiger partial charge < -0.3 is 20.7 Å². The maximum absolute atomic E-state index is 13.3. The number of ether oxygens (including phenoxy) is 1. The summed E-state index contributed by atoms with van der Waals surface area (Å²) in [6.07, 6.45) is 4.59. The maximum atomic E-state index is 13.3. The Morgan fingerprint density at radius 2 is 1.82 bits per heavy atom. The van der Waals surface area contributed by atoms with Gasteiger partial charge in [0, 0.05) is 44.5 Å². The van der Waals surface area contributed by atoms with Crippen LogP contribution in [-0.2, 0) is 17.9 Å². The van der Waals surface area contributed by atoms with E-state index in [4.69, 9.17) is 10.5 Å². The summed E-state index contributed by atoms with van der Waals surface area (Å²) in [5.74, 6) is 0.0488. The summed E-state index contributed by atoms with van der Waals surface area (Å²) < 4.78 is 6.22. The number of anilines is 1. The molecule has 1 amide bonds. The Hall–Kier alpha value is -3.26. The second-order valence-corrected chi connectivity index (χ2v) is 10.8. The van der Waals surface area contributed by atoms with Crippen LogP contribution in [0.25, 0.3) is 11.1 Å². The monoisotopic (exact) mass is 513 g/mol. The molecule has 38 heavy (non-hydrogen) atoms. The number of benzene rings is 2. The first kappa shape index (κ1) is 26.4. The third kappa shape index (κ3) is 6.59. The third-order valence-corrected chi connectivity index (χ3v) is 7.77. The lowest BCUT2D eigenvalue weighted by Gasteiger charge is -2.32. The van der Waals surface area contributed by atoms with Crippen molar-refractivity contribution in [3.8, 4) is 11.1 Å². The van der Waals surface area contributed by atoms with E-state index in [2.05, 4.69) is 76.5 Å². The zero-order chi connectivity index (χ0) is 26.5. The van der Waals surface area contributed by atoms with Gasteiger partial charge in [0.05, 0.1) is 24.3 Å². The molecule has 2 fully saturated rings. The Balaban J connectivity index is 1.21. The molecule has 0 radical (unpaired) electrons. The first-order chi connectivity index (χ1) is 18.4. The number of nitrogens with zero attached hydrogens (tertiary/aromatic N) is 3. The van der Waals surface area contributed by atoms with Crippen LogP contribution in [0.1, 0.15) is 46.3 Å². The topological polar surface area (TPSA) is 83.7 Å². The minimum atomic E-state index is -0.195. The fourth-order valence-corrected chi connectivity index (χ4v) is 5.42. The number of rotatable bonds is 8. The molecule has 0 unspecified atom stereocenters. The second kappa shape index (κ2) is 12.1. The first-order valence-corrected chi connectivity index (χ1v) is 13.7. The summed E-state index contributed by atoms with van der Waals surface area (Å²) in [5.41, 5.74) is 12.1. The van der Waals surface area contributed by atoms with E-state index < -0.39 is 0 Å². The Morgan fingerprint density at radius 3 is 2.58 bits per heavy atom. The predicted octanol–water partition coefficient (Wildman–Crippen LogP) is 4.25. The van der Waals surface area contributed by atoms with Crippen LogP contribution in [0.15, 0.2) is 60.8 Å². The van der Waals surface area contributed by atoms with E-state index in [9.17, 15) is 4.79 Å². The fraction of sp³-hybridized carbons (Fsp3) is 0.419. The molecular formula is C31H39N5O2. The van der Waals surface area contributed by atoms with Gasteiger partial charge in [-0.2, -0.15) is 0 Å². The molecule has 3 aromatic rings. The molecule has 2 atom stereocenters. The highest BCUT2D eigenvalue weighted by Gasteiger charge is 2.30. The highest BCUT2D eigenvalue weighted by Crippen LogP contribution is 2.26. The van der Waals surface area contributed by atoms with Crippen LogP contribution >= 0.6 is 0 Å². The van der Waals surface area contributed by atoms with Gasteiger partial charge in [0.15, 0.2) is 0 Å². The molecular weight excluding hydrogens is 474 g/mol. The van der Waals surface area contributed by atoms with Gasteiger partial charge in [0.2, 0.25) is 0 Å². The van der Waals surface area contributed by atoms with Crippen LogP contribution < -0.4 is 11.1 Å². The van der Waals surface area contributed by atoms with Crippen molar-refractivity contribution >= 4 is 11.7 Å². The zero-order valence-electron chi connectivity index (χ0n) is 22.5. The van der Waals surface area contributed by atoms with Gasteiger partial charge in [-0.1, -0.05) is 54.1 Å². The number of aryl methyl sites for hydroxylation is 1. The molecule has 1 aliphatic carbocycles. The Bertz CT molecular complexity index is 1240. The second-order valence-electron chi connectivity index (χ2n) is 10.8. The lowest BCUT2D eigenvalue weighted by atomic mass is 10.0. The zero-order valence-corrected chi connectivity index (χ0v) is 22.5. The summed E-state index contributed by atoms with van der Waals surface area (Å²) in [6, 6.07) is 18.7. The van der Waals surface area contributed by atoms with E-state index in [1.807, 2.05) is 12.1 Å². The Kier molecular flexibility index (Phi) is 8.37. The van der Waals surface area contributed by atoms with Crippen molar-refractivity contribution in [3.05, 3.63) is 83.0 Å².